The fraction of sp³-hybridized carbons (Fsp3) is 0.696. The molecular formula is C23H37N3O3S. The lowest BCUT2D eigenvalue weighted by Crippen LogP contribution is -2.47. The second kappa shape index (κ2) is 11.3. The number of hydrogen-bond donors (Lipinski definition) is 1. The Morgan fingerprint density at radius 1 is 1.10 bits per heavy atom. The number of carbonyl (C=O) groups excluding carboxylic acids is 1. The van der Waals surface area contributed by atoms with Crippen molar-refractivity contribution in [3.63, 3.8) is 0 Å². The van der Waals surface area contributed by atoms with Crippen molar-refractivity contribution in [1.29, 1.82) is 0 Å². The lowest BCUT2D eigenvalue weighted by molar-refractivity contribution is -0.126. The highest BCUT2D eigenvalue weighted by Crippen LogP contribution is 2.22. The Labute approximate surface area is 182 Å². The number of sulfonamides is 1. The summed E-state index contributed by atoms with van der Waals surface area (Å²) < 4.78 is 26.1. The number of nitrogens with one attached hydrogen (secondary N) is 1. The second-order valence-electron chi connectivity index (χ2n) is 8.78. The van der Waals surface area contributed by atoms with Crippen LogP contribution in [0.5, 0.6) is 0 Å². The molecule has 1 atom stereocenters. The van der Waals surface area contributed by atoms with Gasteiger partial charge in [0.2, 0.25) is 15.9 Å². The van der Waals surface area contributed by atoms with Crippen LogP contribution in [-0.2, 0) is 21.2 Å². The number of benzene rings is 1. The fourth-order valence-corrected chi connectivity index (χ4v) is 6.23. The van der Waals surface area contributed by atoms with E-state index in [4.69, 9.17) is 0 Å². The zero-order valence-corrected chi connectivity index (χ0v) is 19.1. The zero-order valence-electron chi connectivity index (χ0n) is 18.3. The standard InChI is InChI=1S/C23H37N3O3S/c1-2-17-30(28,29)26-13-6-9-22(19-26)23(27)24-12-16-25-14-10-21(11-15-25)18-20-7-4-3-5-8-20/h3-5,7-8,21-22H,2,6,9-19H2,1H3,(H,24,27)/t22-/m0/s1. The second-order valence-corrected chi connectivity index (χ2v) is 10.9. The summed E-state index contributed by atoms with van der Waals surface area (Å²) in [6.45, 7) is 6.42. The molecule has 3 rings (SSSR count). The summed E-state index contributed by atoms with van der Waals surface area (Å²) in [6.07, 6.45) is 5.71. The minimum atomic E-state index is -3.22. The van der Waals surface area contributed by atoms with Crippen LogP contribution in [0.2, 0.25) is 0 Å². The van der Waals surface area contributed by atoms with Gasteiger partial charge in [-0.05, 0) is 63.1 Å². The molecule has 1 aromatic rings. The highest BCUT2D eigenvalue weighted by molar-refractivity contribution is 7.89. The number of likely N-dealkylation sites (tertiary alicyclic amines) is 1. The van der Waals surface area contributed by atoms with Crippen LogP contribution in [0.25, 0.3) is 0 Å². The Balaban J connectivity index is 1.35. The largest absolute Gasteiger partial charge is 0.355 e. The maximum Gasteiger partial charge on any atom is 0.224 e. The fourth-order valence-electron chi connectivity index (χ4n) is 4.64. The number of nitrogens with zero attached hydrogens (tertiary/aromatic N) is 2. The highest BCUT2D eigenvalue weighted by Gasteiger charge is 2.31. The first-order valence-corrected chi connectivity index (χ1v) is 13.1. The number of piperidine rings is 2. The van der Waals surface area contributed by atoms with Gasteiger partial charge in [-0.3, -0.25) is 4.79 Å². The minimum Gasteiger partial charge on any atom is -0.355 e. The van der Waals surface area contributed by atoms with Crippen molar-refractivity contribution >= 4 is 15.9 Å². The number of carbonyl (C=O) groups is 1. The number of amides is 1. The Morgan fingerprint density at radius 2 is 1.83 bits per heavy atom. The van der Waals surface area contributed by atoms with Crippen molar-refractivity contribution in [3.8, 4) is 0 Å². The molecule has 1 amide bonds. The van der Waals surface area contributed by atoms with Crippen LogP contribution >= 0.6 is 0 Å². The molecule has 2 saturated heterocycles. The van der Waals surface area contributed by atoms with E-state index in [0.717, 1.165) is 44.8 Å². The molecule has 1 N–H and O–H groups in total. The van der Waals surface area contributed by atoms with Gasteiger partial charge in [-0.25, -0.2) is 12.7 Å². The van der Waals surface area contributed by atoms with E-state index in [0.29, 0.717) is 26.1 Å². The van der Waals surface area contributed by atoms with Gasteiger partial charge in [-0.2, -0.15) is 0 Å². The van der Waals surface area contributed by atoms with Crippen LogP contribution in [0, 0.1) is 11.8 Å². The summed E-state index contributed by atoms with van der Waals surface area (Å²) in [7, 11) is -3.22. The van der Waals surface area contributed by atoms with Crippen LogP contribution in [0.4, 0.5) is 0 Å². The molecule has 2 heterocycles. The summed E-state index contributed by atoms with van der Waals surface area (Å²) in [5, 5.41) is 3.05. The molecule has 2 aliphatic rings. The van der Waals surface area contributed by atoms with Crippen LogP contribution in [-0.4, -0.2) is 68.6 Å². The minimum absolute atomic E-state index is 0.00496. The van der Waals surface area contributed by atoms with E-state index in [1.807, 2.05) is 6.92 Å². The topological polar surface area (TPSA) is 69.7 Å². The Bertz CT molecular complexity index is 761. The Hall–Kier alpha value is -1.44. The van der Waals surface area contributed by atoms with Gasteiger partial charge in [0, 0.05) is 26.2 Å². The van der Waals surface area contributed by atoms with Gasteiger partial charge in [-0.15, -0.1) is 0 Å². The van der Waals surface area contributed by atoms with Crippen molar-refractivity contribution in [2.75, 3.05) is 45.0 Å². The number of rotatable bonds is 9. The third-order valence-electron chi connectivity index (χ3n) is 6.41. The number of hydrogen-bond acceptors (Lipinski definition) is 4. The van der Waals surface area contributed by atoms with Gasteiger partial charge in [0.05, 0.1) is 11.7 Å². The van der Waals surface area contributed by atoms with E-state index in [-0.39, 0.29) is 17.6 Å². The van der Waals surface area contributed by atoms with E-state index in [9.17, 15) is 13.2 Å². The van der Waals surface area contributed by atoms with Gasteiger partial charge in [0.15, 0.2) is 0 Å². The van der Waals surface area contributed by atoms with Gasteiger partial charge >= 0.3 is 0 Å². The monoisotopic (exact) mass is 435 g/mol. The molecular weight excluding hydrogens is 398 g/mol. The average Bonchev–Trinajstić information content (AvgIpc) is 2.76. The third kappa shape index (κ3) is 6.79. The van der Waals surface area contributed by atoms with Crippen molar-refractivity contribution in [3.05, 3.63) is 35.9 Å². The highest BCUT2D eigenvalue weighted by atomic mass is 32.2. The predicted octanol–water partition coefficient (Wildman–Crippen LogP) is 2.51. The van der Waals surface area contributed by atoms with Gasteiger partial charge in [-0.1, -0.05) is 37.3 Å². The van der Waals surface area contributed by atoms with Crippen molar-refractivity contribution < 1.29 is 13.2 Å². The molecule has 0 aromatic heterocycles. The maximum absolute atomic E-state index is 12.6. The summed E-state index contributed by atoms with van der Waals surface area (Å²) >= 11 is 0. The molecule has 0 spiro atoms. The summed E-state index contributed by atoms with van der Waals surface area (Å²) in [5.74, 6) is 0.700. The quantitative estimate of drug-likeness (QED) is 0.647. The van der Waals surface area contributed by atoms with E-state index in [1.165, 1.54) is 22.7 Å². The molecule has 6 nitrogen and oxygen atoms in total. The van der Waals surface area contributed by atoms with Crippen LogP contribution < -0.4 is 5.32 Å². The smallest absolute Gasteiger partial charge is 0.224 e. The lowest BCUT2D eigenvalue weighted by Gasteiger charge is -2.33. The maximum atomic E-state index is 12.6. The van der Waals surface area contributed by atoms with E-state index >= 15 is 0 Å². The summed E-state index contributed by atoms with van der Waals surface area (Å²) in [4.78, 5) is 15.0. The van der Waals surface area contributed by atoms with E-state index < -0.39 is 10.0 Å². The van der Waals surface area contributed by atoms with Crippen LogP contribution in [0.3, 0.4) is 0 Å². The molecule has 0 radical (unpaired) electrons. The van der Waals surface area contributed by atoms with Gasteiger partial charge in [0.25, 0.3) is 0 Å². The molecule has 0 saturated carbocycles. The van der Waals surface area contributed by atoms with Crippen molar-refractivity contribution in [1.82, 2.24) is 14.5 Å². The van der Waals surface area contributed by atoms with Crippen LogP contribution in [0.1, 0.15) is 44.6 Å². The summed E-state index contributed by atoms with van der Waals surface area (Å²) in [5.41, 5.74) is 1.42. The molecule has 0 aliphatic carbocycles. The molecule has 168 valence electrons. The molecule has 30 heavy (non-hydrogen) atoms. The molecule has 0 bridgehead atoms. The first kappa shape index (κ1) is 23.2. The third-order valence-corrected chi connectivity index (χ3v) is 8.45. The predicted molar refractivity (Wildman–Crippen MR) is 121 cm³/mol. The normalized spacial score (nSPS) is 22.1. The van der Waals surface area contributed by atoms with Crippen molar-refractivity contribution in [2.24, 2.45) is 11.8 Å². The van der Waals surface area contributed by atoms with E-state index in [1.54, 1.807) is 0 Å². The molecule has 1 aromatic carbocycles. The molecule has 7 heteroatoms. The lowest BCUT2D eigenvalue weighted by atomic mass is 9.90. The van der Waals surface area contributed by atoms with Gasteiger partial charge < -0.3 is 10.2 Å². The molecule has 0 unspecified atom stereocenters. The van der Waals surface area contributed by atoms with E-state index in [2.05, 4.69) is 40.5 Å². The molecule has 2 fully saturated rings. The Morgan fingerprint density at radius 3 is 2.53 bits per heavy atom. The first-order valence-electron chi connectivity index (χ1n) is 11.5. The SMILES string of the molecule is CCCS(=O)(=O)N1CCC[C@H](C(=O)NCCN2CCC(Cc3ccccc3)CC2)C1. The summed E-state index contributed by atoms with van der Waals surface area (Å²) in [6, 6.07) is 10.7. The van der Waals surface area contributed by atoms with Gasteiger partial charge in [0.1, 0.15) is 0 Å². The van der Waals surface area contributed by atoms with Crippen LogP contribution in [0.15, 0.2) is 30.3 Å². The molecule has 2 aliphatic heterocycles. The Kier molecular flexibility index (Phi) is 8.72. The average molecular weight is 436 g/mol. The first-order chi connectivity index (χ1) is 14.5. The zero-order chi connectivity index (χ0) is 21.4. The van der Waals surface area contributed by atoms with Crippen molar-refractivity contribution in [2.45, 2.75) is 45.4 Å².